The van der Waals surface area contributed by atoms with E-state index in [9.17, 15) is 35.1 Å². The van der Waals surface area contributed by atoms with Crippen molar-refractivity contribution in [2.45, 2.75) is 63.3 Å². The number of likely N-dealkylation sites (tertiary alicyclic amines) is 1. The van der Waals surface area contributed by atoms with E-state index in [2.05, 4.69) is 9.88 Å². The number of rotatable bonds is 8. The third-order valence-corrected chi connectivity index (χ3v) is 6.42. The van der Waals surface area contributed by atoms with Gasteiger partial charge in [-0.1, -0.05) is 25.5 Å². The molecule has 0 N–H and O–H groups in total. The predicted octanol–water partition coefficient (Wildman–Crippen LogP) is 5.82. The summed E-state index contributed by atoms with van der Waals surface area (Å²) in [7, 11) is 0. The summed E-state index contributed by atoms with van der Waals surface area (Å²) < 4.78 is 109. The van der Waals surface area contributed by atoms with Crippen molar-refractivity contribution in [2.24, 2.45) is 0 Å². The van der Waals surface area contributed by atoms with Gasteiger partial charge in [0.2, 0.25) is 0 Å². The summed E-state index contributed by atoms with van der Waals surface area (Å²) in [4.78, 5) is 5.52. The molecule has 34 heavy (non-hydrogen) atoms. The van der Waals surface area contributed by atoms with Gasteiger partial charge in [0.15, 0.2) is 0 Å². The minimum absolute atomic E-state index is 0.0594. The molecule has 3 atom stereocenters. The van der Waals surface area contributed by atoms with Gasteiger partial charge in [-0.05, 0) is 56.5 Å². The van der Waals surface area contributed by atoms with E-state index >= 15 is 0 Å². The average molecular weight is 512 g/mol. The molecule has 3 unspecified atom stereocenters. The summed E-state index contributed by atoms with van der Waals surface area (Å²) >= 11 is -2.93. The van der Waals surface area contributed by atoms with Crippen LogP contribution < -0.4 is 0 Å². The smallest absolute Gasteiger partial charge is 0.433 e. The molecule has 190 valence electrons. The molecule has 12 heteroatoms. The summed E-state index contributed by atoms with van der Waals surface area (Å²) in [6.45, 7) is 3.06. The van der Waals surface area contributed by atoms with E-state index in [1.807, 2.05) is 6.92 Å². The number of hydrogen-bond acceptors (Lipinski definition) is 5. The fraction of sp³-hybridized carbons (Fsp3) is 0.591. The van der Waals surface area contributed by atoms with Crippen LogP contribution in [-0.4, -0.2) is 44.4 Å². The SMILES string of the molecule is CCCN1CCCCC1CC(COS(=O)[O-])c1cc(C(F)(F)F)nc2c(C(F)(F)F)cccc12. The van der Waals surface area contributed by atoms with Crippen LogP contribution in [0, 0.1) is 0 Å². The number of pyridine rings is 1. The van der Waals surface area contributed by atoms with E-state index in [1.54, 1.807) is 0 Å². The van der Waals surface area contributed by atoms with E-state index in [4.69, 9.17) is 4.18 Å². The summed E-state index contributed by atoms with van der Waals surface area (Å²) in [6.07, 6.45) is -6.20. The minimum Gasteiger partial charge on any atom is -0.750 e. The van der Waals surface area contributed by atoms with Gasteiger partial charge in [-0.3, -0.25) is 0 Å². The van der Waals surface area contributed by atoms with Crippen LogP contribution in [0.3, 0.4) is 0 Å². The molecule has 0 spiro atoms. The molecular formula is C22H25F6N2O3S-. The Morgan fingerprint density at radius 3 is 2.56 bits per heavy atom. The first kappa shape index (κ1) is 26.8. The lowest BCUT2D eigenvalue weighted by Crippen LogP contribution is -2.41. The number of para-hydroxylation sites is 1. The third-order valence-electron chi connectivity index (χ3n) is 6.09. The van der Waals surface area contributed by atoms with Gasteiger partial charge in [0, 0.05) is 17.3 Å². The fourth-order valence-corrected chi connectivity index (χ4v) is 4.92. The third kappa shape index (κ3) is 6.46. The molecule has 1 aliphatic rings. The summed E-state index contributed by atoms with van der Waals surface area (Å²) in [5, 5.41) is -0.106. The van der Waals surface area contributed by atoms with Crippen LogP contribution in [0.15, 0.2) is 24.3 Å². The lowest BCUT2D eigenvalue weighted by atomic mass is 9.86. The molecule has 1 aliphatic heterocycles. The molecule has 0 bridgehead atoms. The topological polar surface area (TPSA) is 65.5 Å². The minimum atomic E-state index is -4.99. The Kier molecular flexibility index (Phi) is 8.59. The predicted molar refractivity (Wildman–Crippen MR) is 113 cm³/mol. The second-order valence-corrected chi connectivity index (χ2v) is 9.04. The maximum atomic E-state index is 13.6. The van der Waals surface area contributed by atoms with E-state index in [0.717, 1.165) is 50.9 Å². The molecule has 0 radical (unpaired) electrons. The molecular weight excluding hydrogens is 486 g/mol. The monoisotopic (exact) mass is 511 g/mol. The molecule has 1 fully saturated rings. The Hall–Kier alpha value is -1.76. The Morgan fingerprint density at radius 1 is 1.21 bits per heavy atom. The van der Waals surface area contributed by atoms with Gasteiger partial charge < -0.3 is 13.6 Å². The van der Waals surface area contributed by atoms with Crippen molar-refractivity contribution in [1.82, 2.24) is 9.88 Å². The lowest BCUT2D eigenvalue weighted by Gasteiger charge is -2.38. The first-order chi connectivity index (χ1) is 15.9. The van der Waals surface area contributed by atoms with Crippen LogP contribution in [0.1, 0.15) is 61.8 Å². The maximum absolute atomic E-state index is 13.6. The second kappa shape index (κ2) is 10.9. The highest BCUT2D eigenvalue weighted by atomic mass is 32.2. The Balaban J connectivity index is 2.16. The van der Waals surface area contributed by atoms with Gasteiger partial charge in [0.1, 0.15) is 5.69 Å². The zero-order chi connectivity index (χ0) is 25.1. The fourth-order valence-electron chi connectivity index (χ4n) is 4.65. The summed E-state index contributed by atoms with van der Waals surface area (Å²) in [6, 6.07) is 3.72. The largest absolute Gasteiger partial charge is 0.750 e. The molecule has 1 aromatic carbocycles. The maximum Gasteiger partial charge on any atom is 0.433 e. The molecule has 0 aliphatic carbocycles. The average Bonchev–Trinajstić information content (AvgIpc) is 2.75. The quantitative estimate of drug-likeness (QED) is 0.330. The molecule has 3 rings (SSSR count). The van der Waals surface area contributed by atoms with Crippen molar-refractivity contribution in [3.63, 3.8) is 0 Å². The number of benzene rings is 1. The van der Waals surface area contributed by atoms with Crippen LogP contribution >= 0.6 is 0 Å². The molecule has 1 aromatic heterocycles. The number of aromatic nitrogens is 1. The van der Waals surface area contributed by atoms with Crippen LogP contribution in [0.5, 0.6) is 0 Å². The number of nitrogens with zero attached hydrogens (tertiary/aromatic N) is 2. The van der Waals surface area contributed by atoms with Crippen LogP contribution in [0.25, 0.3) is 10.9 Å². The molecule has 0 amide bonds. The van der Waals surface area contributed by atoms with Crippen LogP contribution in [-0.2, 0) is 27.9 Å². The molecule has 2 heterocycles. The van der Waals surface area contributed by atoms with Gasteiger partial charge in [-0.15, -0.1) is 0 Å². The van der Waals surface area contributed by atoms with E-state index in [-0.39, 0.29) is 23.4 Å². The molecule has 5 nitrogen and oxygen atoms in total. The van der Waals surface area contributed by atoms with Crippen molar-refractivity contribution in [2.75, 3.05) is 19.7 Å². The number of piperidine rings is 1. The van der Waals surface area contributed by atoms with Crippen molar-refractivity contribution >= 4 is 22.3 Å². The highest BCUT2D eigenvalue weighted by molar-refractivity contribution is 7.74. The van der Waals surface area contributed by atoms with Crippen molar-refractivity contribution in [3.8, 4) is 0 Å². The number of hydrogen-bond donors (Lipinski definition) is 0. The highest BCUT2D eigenvalue weighted by Crippen LogP contribution is 2.41. The zero-order valence-electron chi connectivity index (χ0n) is 18.4. The number of halogens is 6. The zero-order valence-corrected chi connectivity index (χ0v) is 19.2. The first-order valence-corrected chi connectivity index (χ1v) is 12.0. The Labute approximate surface area is 196 Å². The van der Waals surface area contributed by atoms with Gasteiger partial charge in [-0.25, -0.2) is 9.19 Å². The lowest BCUT2D eigenvalue weighted by molar-refractivity contribution is -0.142. The standard InChI is InChI=1S/C22H26F6N2O3S/c1-2-9-30-10-4-3-6-15(30)11-14(13-33-34(31)32)17-12-19(22(26,27)28)29-20-16(17)7-5-8-18(20)21(23,24)25/h5,7-8,12,14-15H,2-4,6,9-11,13H2,1H3,(H,31,32)/p-1. The molecule has 1 saturated heterocycles. The first-order valence-electron chi connectivity index (χ1n) is 11.0. The molecule has 2 aromatic rings. The Bertz CT molecular complexity index is 1010. The normalized spacial score (nSPS) is 19.9. The van der Waals surface area contributed by atoms with Crippen molar-refractivity contribution in [1.29, 1.82) is 0 Å². The van der Waals surface area contributed by atoms with E-state index in [0.29, 0.717) is 6.07 Å². The Morgan fingerprint density at radius 2 is 1.94 bits per heavy atom. The second-order valence-electron chi connectivity index (χ2n) is 8.40. The van der Waals surface area contributed by atoms with E-state index in [1.165, 1.54) is 6.07 Å². The van der Waals surface area contributed by atoms with E-state index < -0.39 is 53.0 Å². The van der Waals surface area contributed by atoms with Crippen molar-refractivity contribution in [3.05, 3.63) is 41.1 Å². The van der Waals surface area contributed by atoms with Gasteiger partial charge >= 0.3 is 12.4 Å². The van der Waals surface area contributed by atoms with Gasteiger partial charge in [-0.2, -0.15) is 26.3 Å². The summed E-state index contributed by atoms with van der Waals surface area (Å²) in [5.41, 5.74) is -3.62. The van der Waals surface area contributed by atoms with Gasteiger partial charge in [0.25, 0.3) is 0 Å². The van der Waals surface area contributed by atoms with Crippen LogP contribution in [0.2, 0.25) is 0 Å². The summed E-state index contributed by atoms with van der Waals surface area (Å²) in [5.74, 6) is -0.893. The molecule has 0 saturated carbocycles. The van der Waals surface area contributed by atoms with Gasteiger partial charge in [0.05, 0.1) is 29.0 Å². The van der Waals surface area contributed by atoms with Crippen LogP contribution in [0.4, 0.5) is 26.3 Å². The number of alkyl halides is 6. The number of fused-ring (bicyclic) bond motifs is 1. The van der Waals surface area contributed by atoms with Crippen molar-refractivity contribution < 1.29 is 39.3 Å². The highest BCUT2D eigenvalue weighted by Gasteiger charge is 2.38.